The summed E-state index contributed by atoms with van der Waals surface area (Å²) in [6.07, 6.45) is -1.80. The topological polar surface area (TPSA) is 168 Å². The molecule has 1 fully saturated rings. The summed E-state index contributed by atoms with van der Waals surface area (Å²) < 4.78 is 50.9. The van der Waals surface area contributed by atoms with Gasteiger partial charge in [0.05, 0.1) is 25.1 Å². The fraction of sp³-hybridized carbons (Fsp3) is 0.341. The van der Waals surface area contributed by atoms with Crippen LogP contribution in [0.2, 0.25) is 0 Å². The van der Waals surface area contributed by atoms with Crippen LogP contribution >= 0.6 is 0 Å². The highest BCUT2D eigenvalue weighted by molar-refractivity contribution is 6.02. The summed E-state index contributed by atoms with van der Waals surface area (Å²) in [4.78, 5) is 89.0. The second kappa shape index (κ2) is 17.7. The molecule has 58 heavy (non-hydrogen) atoms. The number of anilines is 1. The van der Waals surface area contributed by atoms with E-state index in [1.54, 1.807) is 48.8 Å². The number of benzene rings is 3. The summed E-state index contributed by atoms with van der Waals surface area (Å²) in [6.45, 7) is -0.631. The van der Waals surface area contributed by atoms with Gasteiger partial charge in [0.25, 0.3) is 11.8 Å². The van der Waals surface area contributed by atoms with Gasteiger partial charge in [-0.15, -0.1) is 0 Å². The number of carbonyl (C=O) groups is 6. The molecule has 3 aliphatic heterocycles. The van der Waals surface area contributed by atoms with Crippen molar-refractivity contribution in [1.82, 2.24) is 25.4 Å². The number of fused-ring (bicyclic) bond motifs is 12. The van der Waals surface area contributed by atoms with Crippen LogP contribution in [0.25, 0.3) is 10.8 Å². The van der Waals surface area contributed by atoms with E-state index in [4.69, 9.17) is 4.74 Å². The van der Waals surface area contributed by atoms with Crippen LogP contribution in [0, 0.1) is 0 Å². The Morgan fingerprint density at radius 2 is 1.74 bits per heavy atom. The lowest BCUT2D eigenvalue weighted by Crippen LogP contribution is -2.49. The third-order valence-electron chi connectivity index (χ3n) is 10.2. The largest absolute Gasteiger partial charge is 0.491 e. The van der Waals surface area contributed by atoms with E-state index >= 15 is 0 Å². The Bertz CT molecular complexity index is 2200. The van der Waals surface area contributed by atoms with Gasteiger partial charge in [-0.1, -0.05) is 12.1 Å². The minimum absolute atomic E-state index is 0.0344. The standard InChI is InChI=1S/C41H41F3N6O8/c1-48-34(39(55)46-17-15-37(53)57-2)12-13-35(51)50(31-9-6-25-14-16-45-21-28(25)19-31)23-36(52)49-22-30(47-38(54)27-4-3-5-29(18-27)41(42,43)44)20-32(49)24-58-33-10-7-26(8-11-33)40(48)56/h3-11,14,16,18-19,21,30,32,34H,12-13,15,17,20,22-24H2,1-2H3,(H,46,55)(H,47,54)/t30-,32+,34+/m1/s1. The van der Waals surface area contributed by atoms with E-state index in [1.807, 2.05) is 0 Å². The third kappa shape index (κ3) is 9.70. The molecule has 5 amide bonds. The highest BCUT2D eigenvalue weighted by Crippen LogP contribution is 2.30. The van der Waals surface area contributed by atoms with E-state index in [0.717, 1.165) is 23.6 Å². The number of amides is 5. The molecular weight excluding hydrogens is 761 g/mol. The van der Waals surface area contributed by atoms with Crippen LogP contribution in [0.3, 0.4) is 0 Å². The molecule has 0 aliphatic carbocycles. The lowest BCUT2D eigenvalue weighted by Gasteiger charge is -2.30. The molecular formula is C41H41F3N6O8. The predicted octanol–water partition coefficient (Wildman–Crippen LogP) is 3.98. The van der Waals surface area contributed by atoms with Crippen LogP contribution in [-0.4, -0.2) is 109 Å². The van der Waals surface area contributed by atoms with Crippen molar-refractivity contribution in [1.29, 1.82) is 0 Å². The molecule has 2 bridgehead atoms. The van der Waals surface area contributed by atoms with Crippen molar-refractivity contribution < 1.29 is 51.4 Å². The molecule has 304 valence electrons. The van der Waals surface area contributed by atoms with Gasteiger partial charge in [0.15, 0.2) is 0 Å². The number of rotatable bonds is 7. The summed E-state index contributed by atoms with van der Waals surface area (Å²) in [7, 11) is 2.65. The van der Waals surface area contributed by atoms with E-state index in [1.165, 1.54) is 47.1 Å². The molecule has 7 rings (SSSR count). The maximum Gasteiger partial charge on any atom is 0.416 e. The maximum atomic E-state index is 14.4. The quantitative estimate of drug-likeness (QED) is 0.263. The zero-order chi connectivity index (χ0) is 41.6. The van der Waals surface area contributed by atoms with Gasteiger partial charge >= 0.3 is 12.1 Å². The van der Waals surface area contributed by atoms with Gasteiger partial charge in [-0.2, -0.15) is 13.2 Å². The second-order valence-electron chi connectivity index (χ2n) is 14.0. The van der Waals surface area contributed by atoms with Crippen molar-refractivity contribution in [3.63, 3.8) is 0 Å². The molecule has 3 atom stereocenters. The molecule has 1 aromatic heterocycles. The number of halogens is 3. The number of aromatic nitrogens is 1. The van der Waals surface area contributed by atoms with E-state index in [9.17, 15) is 41.9 Å². The number of likely N-dealkylation sites (N-methyl/N-ethyl adjacent to an activating group) is 1. The average molecular weight is 803 g/mol. The first-order valence-corrected chi connectivity index (χ1v) is 18.5. The average Bonchev–Trinajstić information content (AvgIpc) is 3.63. The lowest BCUT2D eigenvalue weighted by molar-refractivity contribution is -0.140. The third-order valence-corrected chi connectivity index (χ3v) is 10.2. The van der Waals surface area contributed by atoms with Crippen molar-refractivity contribution in [2.45, 2.75) is 50.0 Å². The molecule has 0 spiro atoms. The van der Waals surface area contributed by atoms with Crippen molar-refractivity contribution in [3.05, 3.63) is 102 Å². The Morgan fingerprint density at radius 3 is 2.48 bits per heavy atom. The Hall–Kier alpha value is -6.52. The molecule has 2 N–H and O–H groups in total. The number of carbonyl (C=O) groups excluding carboxylic acids is 6. The molecule has 4 aromatic rings. The summed E-state index contributed by atoms with van der Waals surface area (Å²) in [5.74, 6) is -3.13. The van der Waals surface area contributed by atoms with Crippen molar-refractivity contribution in [2.24, 2.45) is 0 Å². The number of hydrogen-bond donors (Lipinski definition) is 2. The number of nitrogens with zero attached hydrogens (tertiary/aromatic N) is 4. The van der Waals surface area contributed by atoms with E-state index in [0.29, 0.717) is 16.8 Å². The first-order chi connectivity index (χ1) is 27.7. The predicted molar refractivity (Wildman–Crippen MR) is 204 cm³/mol. The molecule has 3 aliphatic rings. The lowest BCUT2D eigenvalue weighted by atomic mass is 10.1. The van der Waals surface area contributed by atoms with Gasteiger partial charge in [0.1, 0.15) is 24.9 Å². The number of methoxy groups -OCH3 is 1. The minimum Gasteiger partial charge on any atom is -0.491 e. The number of alkyl halides is 3. The van der Waals surface area contributed by atoms with Crippen molar-refractivity contribution in [2.75, 3.05) is 45.3 Å². The van der Waals surface area contributed by atoms with Crippen LogP contribution in [-0.2, 0) is 30.1 Å². The Balaban J connectivity index is 1.31. The first kappa shape index (κ1) is 41.1. The number of pyridine rings is 1. The number of esters is 1. The van der Waals surface area contributed by atoms with Crippen LogP contribution in [0.15, 0.2) is 85.2 Å². The second-order valence-corrected chi connectivity index (χ2v) is 14.0. The molecule has 17 heteroatoms. The van der Waals surface area contributed by atoms with E-state index < -0.39 is 71.9 Å². The zero-order valence-electron chi connectivity index (χ0n) is 31.7. The molecule has 0 saturated carbocycles. The van der Waals surface area contributed by atoms with Gasteiger partial charge in [-0.05, 0) is 78.9 Å². The molecule has 3 aromatic carbocycles. The fourth-order valence-electron chi connectivity index (χ4n) is 7.01. The summed E-state index contributed by atoms with van der Waals surface area (Å²) in [5.41, 5.74) is -0.598. The monoisotopic (exact) mass is 802 g/mol. The fourth-order valence-corrected chi connectivity index (χ4v) is 7.01. The van der Waals surface area contributed by atoms with Crippen molar-refractivity contribution in [3.8, 4) is 5.75 Å². The minimum atomic E-state index is -4.65. The van der Waals surface area contributed by atoms with Gasteiger partial charge in [-0.3, -0.25) is 33.8 Å². The van der Waals surface area contributed by atoms with Gasteiger partial charge in [0, 0.05) is 67.2 Å². The molecule has 14 nitrogen and oxygen atoms in total. The molecule has 0 unspecified atom stereocenters. The van der Waals surface area contributed by atoms with Gasteiger partial charge < -0.3 is 34.8 Å². The van der Waals surface area contributed by atoms with Crippen LogP contribution in [0.1, 0.15) is 52.0 Å². The first-order valence-electron chi connectivity index (χ1n) is 18.5. The van der Waals surface area contributed by atoms with Gasteiger partial charge in [-0.25, -0.2) is 0 Å². The zero-order valence-corrected chi connectivity index (χ0v) is 31.7. The smallest absolute Gasteiger partial charge is 0.416 e. The highest BCUT2D eigenvalue weighted by Gasteiger charge is 2.39. The summed E-state index contributed by atoms with van der Waals surface area (Å²) >= 11 is 0. The molecule has 1 saturated heterocycles. The molecule has 4 heterocycles. The normalized spacial score (nSPS) is 19.4. The number of nitrogens with one attached hydrogen (secondary N) is 2. The van der Waals surface area contributed by atoms with Gasteiger partial charge in [0.2, 0.25) is 17.7 Å². The van der Waals surface area contributed by atoms with Crippen LogP contribution in [0.5, 0.6) is 5.75 Å². The SMILES string of the molecule is COC(=O)CCNC(=O)[C@@H]1CCC(=O)N(c2ccc3ccncc3c2)CC(=O)N2C[C@H](NC(=O)c3cccc(C(F)(F)F)c3)C[C@H]2COc2ccc(cc2)C(=O)N1C. The number of ether oxygens (including phenoxy) is 2. The van der Waals surface area contributed by atoms with E-state index in [-0.39, 0.29) is 56.5 Å². The van der Waals surface area contributed by atoms with Crippen LogP contribution < -0.4 is 20.3 Å². The molecule has 0 radical (unpaired) electrons. The number of hydrogen-bond acceptors (Lipinski definition) is 9. The Labute approximate surface area is 331 Å². The Kier molecular flexibility index (Phi) is 12.6. The summed E-state index contributed by atoms with van der Waals surface area (Å²) in [6, 6.07) is 14.6. The summed E-state index contributed by atoms with van der Waals surface area (Å²) in [5, 5.41) is 6.92. The highest BCUT2D eigenvalue weighted by atomic mass is 19.4. The van der Waals surface area contributed by atoms with Crippen molar-refractivity contribution >= 4 is 52.0 Å². The Morgan fingerprint density at radius 1 is 0.966 bits per heavy atom. The van der Waals surface area contributed by atoms with Crippen LogP contribution in [0.4, 0.5) is 18.9 Å². The maximum absolute atomic E-state index is 14.4. The van der Waals surface area contributed by atoms with E-state index in [2.05, 4.69) is 20.4 Å².